The second-order valence-electron chi connectivity index (χ2n) is 8.05. The Morgan fingerprint density at radius 3 is 2.52 bits per heavy atom. The first kappa shape index (κ1) is 21.9. The number of pyridine rings is 1. The van der Waals surface area contributed by atoms with Crippen molar-refractivity contribution in [3.63, 3.8) is 0 Å². The van der Waals surface area contributed by atoms with Crippen molar-refractivity contribution in [2.24, 2.45) is 0 Å². The first-order valence-corrected chi connectivity index (χ1v) is 11.3. The summed E-state index contributed by atoms with van der Waals surface area (Å²) in [7, 11) is 0. The summed E-state index contributed by atoms with van der Waals surface area (Å²) < 4.78 is 5.31. The van der Waals surface area contributed by atoms with E-state index in [4.69, 9.17) is 16.3 Å². The maximum atomic E-state index is 12.6. The molecule has 7 nitrogen and oxygen atoms in total. The zero-order chi connectivity index (χ0) is 21.6. The largest absolute Gasteiger partial charge is 0.378 e. The van der Waals surface area contributed by atoms with Gasteiger partial charge < -0.3 is 19.9 Å². The van der Waals surface area contributed by atoms with Crippen LogP contribution in [0, 0.1) is 0 Å². The number of benzene rings is 1. The Morgan fingerprint density at radius 2 is 1.84 bits per heavy atom. The Bertz CT molecular complexity index is 868. The topological polar surface area (TPSA) is 60.9 Å². The van der Waals surface area contributed by atoms with Gasteiger partial charge in [0.1, 0.15) is 5.82 Å². The van der Waals surface area contributed by atoms with Crippen molar-refractivity contribution < 1.29 is 9.53 Å². The molecule has 1 aromatic carbocycles. The molecule has 31 heavy (non-hydrogen) atoms. The lowest BCUT2D eigenvalue weighted by Crippen LogP contribution is -2.51. The average molecular weight is 444 g/mol. The van der Waals surface area contributed by atoms with E-state index in [1.54, 1.807) is 17.2 Å². The second-order valence-corrected chi connectivity index (χ2v) is 8.45. The standard InChI is InChI=1S/C23H30ClN5O2/c1-18(27-7-9-28(10-8-27)20-5-3-2-4-6-20)16-25-22-21(24)15-19(17-26-22)23(30)29-11-13-31-14-12-29/h2-6,15,17-18H,7-14,16H2,1H3,(H,25,26). The van der Waals surface area contributed by atoms with Crippen LogP contribution in [0.5, 0.6) is 0 Å². The number of morpholine rings is 1. The fourth-order valence-electron chi connectivity index (χ4n) is 4.07. The molecule has 2 aromatic rings. The van der Waals surface area contributed by atoms with Gasteiger partial charge in [0.2, 0.25) is 0 Å². The highest BCUT2D eigenvalue weighted by atomic mass is 35.5. The molecule has 2 fully saturated rings. The van der Waals surface area contributed by atoms with Crippen molar-refractivity contribution in [1.82, 2.24) is 14.8 Å². The van der Waals surface area contributed by atoms with Gasteiger partial charge in [0, 0.05) is 63.7 Å². The number of hydrogen-bond donors (Lipinski definition) is 1. The first-order valence-electron chi connectivity index (χ1n) is 10.9. The predicted molar refractivity (Wildman–Crippen MR) is 124 cm³/mol. The highest BCUT2D eigenvalue weighted by Crippen LogP contribution is 2.22. The van der Waals surface area contributed by atoms with E-state index in [1.807, 2.05) is 0 Å². The lowest BCUT2D eigenvalue weighted by atomic mass is 10.2. The monoisotopic (exact) mass is 443 g/mol. The van der Waals surface area contributed by atoms with Crippen LogP contribution in [-0.4, -0.2) is 85.8 Å². The van der Waals surface area contributed by atoms with Gasteiger partial charge in [0.05, 0.1) is 23.8 Å². The van der Waals surface area contributed by atoms with Crippen LogP contribution in [0.25, 0.3) is 0 Å². The molecule has 8 heteroatoms. The van der Waals surface area contributed by atoms with E-state index >= 15 is 0 Å². The smallest absolute Gasteiger partial charge is 0.255 e. The van der Waals surface area contributed by atoms with Crippen LogP contribution in [0.4, 0.5) is 11.5 Å². The Labute approximate surface area is 188 Å². The molecule has 166 valence electrons. The van der Waals surface area contributed by atoms with Crippen LogP contribution in [0.1, 0.15) is 17.3 Å². The van der Waals surface area contributed by atoms with E-state index in [0.29, 0.717) is 48.7 Å². The average Bonchev–Trinajstić information content (AvgIpc) is 2.84. The minimum absolute atomic E-state index is 0.0473. The number of nitrogens with one attached hydrogen (secondary N) is 1. The summed E-state index contributed by atoms with van der Waals surface area (Å²) in [5.41, 5.74) is 1.80. The van der Waals surface area contributed by atoms with Crippen LogP contribution >= 0.6 is 11.6 Å². The molecule has 1 amide bonds. The first-order chi connectivity index (χ1) is 15.1. The van der Waals surface area contributed by atoms with Crippen molar-refractivity contribution in [1.29, 1.82) is 0 Å². The molecule has 1 unspecified atom stereocenters. The number of piperazine rings is 1. The van der Waals surface area contributed by atoms with Crippen molar-refractivity contribution >= 4 is 29.0 Å². The lowest BCUT2D eigenvalue weighted by Gasteiger charge is -2.39. The van der Waals surface area contributed by atoms with Crippen molar-refractivity contribution in [2.75, 3.05) is 69.2 Å². The molecule has 2 aliphatic heterocycles. The molecule has 1 atom stereocenters. The van der Waals surface area contributed by atoms with E-state index < -0.39 is 0 Å². The summed E-state index contributed by atoms with van der Waals surface area (Å²) in [6.07, 6.45) is 1.61. The van der Waals surface area contributed by atoms with Gasteiger partial charge in [-0.3, -0.25) is 9.69 Å². The fraction of sp³-hybridized carbons (Fsp3) is 0.478. The van der Waals surface area contributed by atoms with E-state index in [9.17, 15) is 4.79 Å². The number of carbonyl (C=O) groups excluding carboxylic acids is 1. The number of nitrogens with zero attached hydrogens (tertiary/aromatic N) is 4. The quantitative estimate of drug-likeness (QED) is 0.740. The van der Waals surface area contributed by atoms with Crippen LogP contribution < -0.4 is 10.2 Å². The van der Waals surface area contributed by atoms with Crippen LogP contribution in [0.2, 0.25) is 5.02 Å². The highest BCUT2D eigenvalue weighted by molar-refractivity contribution is 6.33. The zero-order valence-electron chi connectivity index (χ0n) is 18.0. The fourth-order valence-corrected chi connectivity index (χ4v) is 4.30. The third kappa shape index (κ3) is 5.47. The maximum Gasteiger partial charge on any atom is 0.255 e. The molecule has 1 N–H and O–H groups in total. The predicted octanol–water partition coefficient (Wildman–Crippen LogP) is 2.83. The number of para-hydroxylation sites is 1. The van der Waals surface area contributed by atoms with Gasteiger partial charge in [-0.25, -0.2) is 4.98 Å². The Balaban J connectivity index is 1.27. The zero-order valence-corrected chi connectivity index (χ0v) is 18.7. The number of hydrogen-bond acceptors (Lipinski definition) is 6. The van der Waals surface area contributed by atoms with Gasteiger partial charge in [-0.2, -0.15) is 0 Å². The van der Waals surface area contributed by atoms with E-state index in [1.165, 1.54) is 5.69 Å². The Hall–Kier alpha value is -2.35. The van der Waals surface area contributed by atoms with Crippen molar-refractivity contribution in [2.45, 2.75) is 13.0 Å². The number of halogens is 1. The van der Waals surface area contributed by atoms with E-state index in [0.717, 1.165) is 32.7 Å². The second kappa shape index (κ2) is 10.3. The molecule has 3 heterocycles. The molecule has 4 rings (SSSR count). The minimum Gasteiger partial charge on any atom is -0.378 e. The van der Waals surface area contributed by atoms with Crippen molar-refractivity contribution in [3.05, 3.63) is 53.2 Å². The number of anilines is 2. The van der Waals surface area contributed by atoms with Gasteiger partial charge >= 0.3 is 0 Å². The number of amides is 1. The lowest BCUT2D eigenvalue weighted by molar-refractivity contribution is 0.0302. The van der Waals surface area contributed by atoms with Crippen LogP contribution in [-0.2, 0) is 4.74 Å². The molecule has 1 aromatic heterocycles. The molecular formula is C23H30ClN5O2. The van der Waals surface area contributed by atoms with E-state index in [-0.39, 0.29) is 5.91 Å². The number of rotatable bonds is 6. The highest BCUT2D eigenvalue weighted by Gasteiger charge is 2.22. The third-order valence-electron chi connectivity index (χ3n) is 6.01. The van der Waals surface area contributed by atoms with Crippen LogP contribution in [0.15, 0.2) is 42.6 Å². The van der Waals surface area contributed by atoms with Gasteiger partial charge in [-0.05, 0) is 25.1 Å². The molecule has 0 saturated carbocycles. The summed E-state index contributed by atoms with van der Waals surface area (Å²) in [4.78, 5) is 23.7. The Morgan fingerprint density at radius 1 is 1.13 bits per heavy atom. The van der Waals surface area contributed by atoms with Gasteiger partial charge in [-0.1, -0.05) is 29.8 Å². The molecule has 0 bridgehead atoms. The summed E-state index contributed by atoms with van der Waals surface area (Å²) in [6, 6.07) is 12.6. The number of carbonyl (C=O) groups is 1. The number of ether oxygens (including phenoxy) is 1. The molecule has 0 aliphatic carbocycles. The molecule has 0 spiro atoms. The molecule has 0 radical (unpaired) electrons. The summed E-state index contributed by atoms with van der Waals surface area (Å²) in [5.74, 6) is 0.573. The summed E-state index contributed by atoms with van der Waals surface area (Å²) in [5, 5.41) is 3.83. The molecule has 2 saturated heterocycles. The molecule has 2 aliphatic rings. The SMILES string of the molecule is CC(CNc1ncc(C(=O)N2CCOCC2)cc1Cl)N1CCN(c2ccccc2)CC1. The number of aromatic nitrogens is 1. The maximum absolute atomic E-state index is 12.6. The van der Waals surface area contributed by atoms with Crippen molar-refractivity contribution in [3.8, 4) is 0 Å². The minimum atomic E-state index is -0.0473. The third-order valence-corrected chi connectivity index (χ3v) is 6.30. The van der Waals surface area contributed by atoms with Gasteiger partial charge in [0.25, 0.3) is 5.91 Å². The van der Waals surface area contributed by atoms with Gasteiger partial charge in [-0.15, -0.1) is 0 Å². The van der Waals surface area contributed by atoms with Gasteiger partial charge in [0.15, 0.2) is 0 Å². The summed E-state index contributed by atoms with van der Waals surface area (Å²) in [6.45, 7) is 9.39. The van der Waals surface area contributed by atoms with Crippen LogP contribution in [0.3, 0.4) is 0 Å². The van der Waals surface area contributed by atoms with E-state index in [2.05, 4.69) is 57.4 Å². The molecular weight excluding hydrogens is 414 g/mol. The Kier molecular flexibility index (Phi) is 7.27. The summed E-state index contributed by atoms with van der Waals surface area (Å²) >= 11 is 6.43. The normalized spacial score (nSPS) is 18.6.